The predicted molar refractivity (Wildman–Crippen MR) is 153 cm³/mol. The van der Waals surface area contributed by atoms with Crippen molar-refractivity contribution in [1.29, 1.82) is 0 Å². The molecule has 2 heterocycles. The lowest BCUT2D eigenvalue weighted by atomic mass is 9.91. The molecule has 2 amide bonds. The molecule has 0 unspecified atom stereocenters. The van der Waals surface area contributed by atoms with Crippen LogP contribution >= 0.6 is 11.6 Å². The van der Waals surface area contributed by atoms with E-state index in [4.69, 9.17) is 26.2 Å². The maximum atomic E-state index is 13.9. The highest BCUT2D eigenvalue weighted by atomic mass is 35.5. The van der Waals surface area contributed by atoms with E-state index < -0.39 is 0 Å². The highest BCUT2D eigenvalue weighted by molar-refractivity contribution is 6.34. The van der Waals surface area contributed by atoms with Gasteiger partial charge in [-0.25, -0.2) is 5.01 Å². The van der Waals surface area contributed by atoms with Gasteiger partial charge in [-0.05, 0) is 17.5 Å². The van der Waals surface area contributed by atoms with Crippen LogP contribution in [0.5, 0.6) is 5.75 Å². The van der Waals surface area contributed by atoms with Gasteiger partial charge in [0, 0.05) is 55.2 Å². The lowest BCUT2D eigenvalue weighted by Gasteiger charge is -2.32. The van der Waals surface area contributed by atoms with E-state index in [1.165, 1.54) is 5.01 Å². The first-order valence-corrected chi connectivity index (χ1v) is 13.9. The number of hydrogen-bond acceptors (Lipinski definition) is 6. The number of hydrogen-bond donors (Lipinski definition) is 0. The van der Waals surface area contributed by atoms with Gasteiger partial charge in [-0.1, -0.05) is 68.8 Å². The summed E-state index contributed by atoms with van der Waals surface area (Å²) >= 11 is 6.51. The predicted octanol–water partition coefficient (Wildman–Crippen LogP) is 4.62. The van der Waals surface area contributed by atoms with E-state index in [1.54, 1.807) is 12.0 Å². The number of ether oxygens (including phenoxy) is 2. The van der Waals surface area contributed by atoms with Gasteiger partial charge in [0.1, 0.15) is 12.3 Å². The topological polar surface area (TPSA) is 74.7 Å². The monoisotopic (exact) mass is 554 g/mol. The molecule has 2 aromatic rings. The number of morpholine rings is 1. The molecule has 0 saturated carbocycles. The van der Waals surface area contributed by atoms with Crippen molar-refractivity contribution in [2.24, 2.45) is 10.5 Å². The molecular weight excluding hydrogens is 516 g/mol. The average Bonchev–Trinajstić information content (AvgIpc) is 3.36. The fourth-order valence-electron chi connectivity index (χ4n) is 4.96. The third-order valence-corrected chi connectivity index (χ3v) is 7.33. The molecule has 0 aromatic heterocycles. The van der Waals surface area contributed by atoms with E-state index >= 15 is 0 Å². The molecule has 2 aromatic carbocycles. The SMILES string of the molecule is COc1ccccc1[C@H]1CC(c2ccccc2Cl)=NN1C(=O)CN(CCN1CCOCC1)C(=O)CC(C)(C)C. The van der Waals surface area contributed by atoms with Gasteiger partial charge in [-0.2, -0.15) is 5.10 Å². The molecule has 1 atom stereocenters. The number of carbonyl (C=O) groups is 2. The molecule has 210 valence electrons. The number of benzene rings is 2. The molecule has 9 heteroatoms. The lowest BCUT2D eigenvalue weighted by Crippen LogP contribution is -2.47. The molecule has 1 saturated heterocycles. The second-order valence-electron chi connectivity index (χ2n) is 11.2. The molecule has 2 aliphatic heterocycles. The molecule has 4 rings (SSSR count). The highest BCUT2D eigenvalue weighted by Gasteiger charge is 2.36. The standard InChI is InChI=1S/C30H39ClN4O4/c1-30(2,3)20-28(36)34(14-13-33-15-17-39-18-16-33)21-29(37)35-26(23-10-6-8-12-27(23)38-4)19-25(32-35)22-9-5-7-11-24(22)31/h5-12,26H,13-21H2,1-4H3/t26-/m1/s1. The second kappa shape index (κ2) is 12.9. The molecule has 2 aliphatic rings. The number of halogens is 1. The summed E-state index contributed by atoms with van der Waals surface area (Å²) in [5, 5.41) is 6.88. The zero-order valence-corrected chi connectivity index (χ0v) is 24.1. The molecule has 0 radical (unpaired) electrons. The Morgan fingerprint density at radius 2 is 1.79 bits per heavy atom. The van der Waals surface area contributed by atoms with E-state index in [0.717, 1.165) is 29.9 Å². The normalized spacial score (nSPS) is 18.1. The Bertz CT molecular complexity index is 1190. The van der Waals surface area contributed by atoms with E-state index in [9.17, 15) is 9.59 Å². The molecule has 0 spiro atoms. The Labute approximate surface area is 236 Å². The van der Waals surface area contributed by atoms with Gasteiger partial charge in [0.25, 0.3) is 5.91 Å². The van der Waals surface area contributed by atoms with Crippen LogP contribution in [0.1, 0.15) is 50.8 Å². The zero-order chi connectivity index (χ0) is 28.0. The summed E-state index contributed by atoms with van der Waals surface area (Å²) in [5.41, 5.74) is 2.19. The number of carbonyl (C=O) groups excluding carboxylic acids is 2. The molecule has 8 nitrogen and oxygen atoms in total. The van der Waals surface area contributed by atoms with Gasteiger partial charge in [-0.15, -0.1) is 0 Å². The summed E-state index contributed by atoms with van der Waals surface area (Å²) in [5.74, 6) is 0.411. The summed E-state index contributed by atoms with van der Waals surface area (Å²) in [6, 6.07) is 14.8. The Balaban J connectivity index is 1.61. The Morgan fingerprint density at radius 3 is 2.49 bits per heavy atom. The minimum atomic E-state index is -0.376. The Kier molecular flexibility index (Phi) is 9.64. The van der Waals surface area contributed by atoms with Crippen LogP contribution in [0.25, 0.3) is 0 Å². The van der Waals surface area contributed by atoms with E-state index in [-0.39, 0.29) is 29.8 Å². The average molecular weight is 555 g/mol. The summed E-state index contributed by atoms with van der Waals surface area (Å²) in [6.07, 6.45) is 0.840. The second-order valence-corrected chi connectivity index (χ2v) is 11.6. The van der Waals surface area contributed by atoms with Crippen LogP contribution in [0.4, 0.5) is 0 Å². The third-order valence-electron chi connectivity index (χ3n) is 7.00. The minimum Gasteiger partial charge on any atom is -0.496 e. The molecule has 0 aliphatic carbocycles. The Hall–Kier alpha value is -2.94. The van der Waals surface area contributed by atoms with Crippen LogP contribution in [-0.2, 0) is 14.3 Å². The van der Waals surface area contributed by atoms with E-state index in [1.807, 2.05) is 69.3 Å². The largest absolute Gasteiger partial charge is 0.496 e. The van der Waals surface area contributed by atoms with Gasteiger partial charge >= 0.3 is 0 Å². The van der Waals surface area contributed by atoms with Crippen LogP contribution in [0.15, 0.2) is 53.6 Å². The van der Waals surface area contributed by atoms with Gasteiger partial charge in [-0.3, -0.25) is 14.5 Å². The fourth-order valence-corrected chi connectivity index (χ4v) is 5.21. The maximum absolute atomic E-state index is 13.9. The number of rotatable bonds is 9. The molecule has 0 N–H and O–H groups in total. The van der Waals surface area contributed by atoms with Gasteiger partial charge < -0.3 is 14.4 Å². The fraction of sp³-hybridized carbons (Fsp3) is 0.500. The number of nitrogens with zero attached hydrogens (tertiary/aromatic N) is 4. The Morgan fingerprint density at radius 1 is 1.10 bits per heavy atom. The smallest absolute Gasteiger partial charge is 0.262 e. The quantitative estimate of drug-likeness (QED) is 0.452. The number of hydrazone groups is 1. The first kappa shape index (κ1) is 29.1. The number of para-hydroxylation sites is 1. The van der Waals surface area contributed by atoms with Crippen molar-refractivity contribution in [3.05, 3.63) is 64.7 Å². The molecular formula is C30H39ClN4O4. The van der Waals surface area contributed by atoms with Crippen molar-refractivity contribution < 1.29 is 19.1 Å². The van der Waals surface area contributed by atoms with Crippen LogP contribution in [0.2, 0.25) is 5.02 Å². The van der Waals surface area contributed by atoms with Crippen molar-refractivity contribution in [2.45, 2.75) is 39.7 Å². The lowest BCUT2D eigenvalue weighted by molar-refractivity contribution is -0.142. The minimum absolute atomic E-state index is 0.0348. The molecule has 1 fully saturated rings. The number of methoxy groups -OCH3 is 1. The van der Waals surface area contributed by atoms with Crippen molar-refractivity contribution in [3.8, 4) is 5.75 Å². The zero-order valence-electron chi connectivity index (χ0n) is 23.4. The highest BCUT2D eigenvalue weighted by Crippen LogP contribution is 2.38. The first-order chi connectivity index (χ1) is 18.7. The van der Waals surface area contributed by atoms with Crippen molar-refractivity contribution in [3.63, 3.8) is 0 Å². The molecule has 39 heavy (non-hydrogen) atoms. The summed E-state index contributed by atoms with van der Waals surface area (Å²) in [7, 11) is 1.62. The van der Waals surface area contributed by atoms with E-state index in [0.29, 0.717) is 49.9 Å². The van der Waals surface area contributed by atoms with Gasteiger partial charge in [0.05, 0.1) is 32.1 Å². The van der Waals surface area contributed by atoms with Crippen LogP contribution < -0.4 is 4.74 Å². The summed E-state index contributed by atoms with van der Waals surface area (Å²) < 4.78 is 11.1. The van der Waals surface area contributed by atoms with Crippen molar-refractivity contribution in [2.75, 3.05) is 53.0 Å². The third kappa shape index (κ3) is 7.59. The van der Waals surface area contributed by atoms with Crippen LogP contribution in [0, 0.1) is 5.41 Å². The number of amides is 2. The summed E-state index contributed by atoms with van der Waals surface area (Å²) in [4.78, 5) is 31.3. The van der Waals surface area contributed by atoms with Crippen molar-refractivity contribution >= 4 is 29.1 Å². The first-order valence-electron chi connectivity index (χ1n) is 13.5. The van der Waals surface area contributed by atoms with Crippen molar-refractivity contribution in [1.82, 2.24) is 14.8 Å². The van der Waals surface area contributed by atoms with Gasteiger partial charge in [0.15, 0.2) is 0 Å². The van der Waals surface area contributed by atoms with Crippen LogP contribution in [-0.4, -0.2) is 85.4 Å². The maximum Gasteiger partial charge on any atom is 0.262 e. The van der Waals surface area contributed by atoms with Crippen LogP contribution in [0.3, 0.4) is 0 Å². The summed E-state index contributed by atoms with van der Waals surface area (Å²) in [6.45, 7) is 10.2. The van der Waals surface area contributed by atoms with Gasteiger partial charge in [0.2, 0.25) is 5.91 Å². The molecule has 0 bridgehead atoms. The van der Waals surface area contributed by atoms with E-state index in [2.05, 4.69) is 4.90 Å².